The Hall–Kier alpha value is -0.440. The Morgan fingerprint density at radius 1 is 1.54 bits per heavy atom. The van der Waals surface area contributed by atoms with Crippen molar-refractivity contribution in [1.29, 1.82) is 0 Å². The van der Waals surface area contributed by atoms with Crippen molar-refractivity contribution >= 4 is 24.0 Å². The molecule has 1 aromatic carbocycles. The number of rotatable bonds is 2. The van der Waals surface area contributed by atoms with E-state index in [0.717, 1.165) is 6.42 Å². The van der Waals surface area contributed by atoms with Crippen LogP contribution < -0.4 is 5.73 Å². The molecule has 0 fully saturated rings. The molecule has 0 bridgehead atoms. The van der Waals surface area contributed by atoms with Crippen LogP contribution in [0.3, 0.4) is 0 Å². The van der Waals surface area contributed by atoms with Gasteiger partial charge in [-0.25, -0.2) is 0 Å². The van der Waals surface area contributed by atoms with Gasteiger partial charge in [0.1, 0.15) is 5.75 Å². The first kappa shape index (κ1) is 12.6. The Balaban J connectivity index is 0.00000144. The third-order valence-corrected chi connectivity index (χ3v) is 2.16. The van der Waals surface area contributed by atoms with E-state index in [9.17, 15) is 5.11 Å². The first-order valence-corrected chi connectivity index (χ1v) is 4.27. The summed E-state index contributed by atoms with van der Waals surface area (Å²) in [4.78, 5) is 0. The predicted molar refractivity (Wildman–Crippen MR) is 57.6 cm³/mol. The second kappa shape index (κ2) is 5.32. The summed E-state index contributed by atoms with van der Waals surface area (Å²) < 4.78 is 0. The van der Waals surface area contributed by atoms with Crippen LogP contribution in [-0.4, -0.2) is 5.11 Å². The van der Waals surface area contributed by atoms with Crippen LogP contribution in [0.1, 0.15) is 24.9 Å². The highest BCUT2D eigenvalue weighted by molar-refractivity contribution is 6.32. The van der Waals surface area contributed by atoms with Crippen LogP contribution >= 0.6 is 24.0 Å². The molecule has 0 saturated carbocycles. The van der Waals surface area contributed by atoms with Crippen LogP contribution in [0.15, 0.2) is 18.2 Å². The standard InChI is InChI=1S/C9H12ClNO.ClH/c1-2-8(11)6-4-3-5-7(10)9(6)12;/h3-5,8,12H,2,11H2,1H3;1H/t8-;/m1./s1. The predicted octanol–water partition coefficient (Wildman–Crippen LogP) is 2.88. The molecule has 1 atom stereocenters. The average Bonchev–Trinajstić information content (AvgIpc) is 2.08. The van der Waals surface area contributed by atoms with Gasteiger partial charge in [-0.2, -0.15) is 0 Å². The fourth-order valence-corrected chi connectivity index (χ4v) is 1.23. The van der Waals surface area contributed by atoms with Gasteiger partial charge in [0, 0.05) is 11.6 Å². The van der Waals surface area contributed by atoms with Gasteiger partial charge in [-0.05, 0) is 12.5 Å². The van der Waals surface area contributed by atoms with Crippen molar-refractivity contribution in [3.05, 3.63) is 28.8 Å². The molecule has 0 saturated heterocycles. The Morgan fingerprint density at radius 2 is 2.15 bits per heavy atom. The van der Waals surface area contributed by atoms with E-state index in [1.165, 1.54) is 0 Å². The molecule has 0 aliphatic carbocycles. The Labute approximate surface area is 89.1 Å². The maximum absolute atomic E-state index is 9.49. The van der Waals surface area contributed by atoms with Crippen LogP contribution in [0.5, 0.6) is 5.75 Å². The van der Waals surface area contributed by atoms with Gasteiger partial charge < -0.3 is 10.8 Å². The van der Waals surface area contributed by atoms with E-state index in [0.29, 0.717) is 10.6 Å². The summed E-state index contributed by atoms with van der Waals surface area (Å²) in [5.41, 5.74) is 6.46. The van der Waals surface area contributed by atoms with Crippen molar-refractivity contribution in [3.8, 4) is 5.75 Å². The fraction of sp³-hybridized carbons (Fsp3) is 0.333. The van der Waals surface area contributed by atoms with Gasteiger partial charge in [-0.1, -0.05) is 30.7 Å². The molecule has 3 N–H and O–H groups in total. The minimum absolute atomic E-state index is 0. The summed E-state index contributed by atoms with van der Waals surface area (Å²) in [6, 6.07) is 5.08. The van der Waals surface area contributed by atoms with Gasteiger partial charge >= 0.3 is 0 Å². The van der Waals surface area contributed by atoms with Crippen molar-refractivity contribution in [2.24, 2.45) is 5.73 Å². The van der Waals surface area contributed by atoms with E-state index in [4.69, 9.17) is 17.3 Å². The lowest BCUT2D eigenvalue weighted by Gasteiger charge is -2.11. The zero-order chi connectivity index (χ0) is 9.14. The molecule has 0 heterocycles. The lowest BCUT2D eigenvalue weighted by Crippen LogP contribution is -2.08. The molecule has 0 spiro atoms. The summed E-state index contributed by atoms with van der Waals surface area (Å²) in [5, 5.41) is 9.84. The number of para-hydroxylation sites is 1. The number of hydrogen-bond acceptors (Lipinski definition) is 2. The lowest BCUT2D eigenvalue weighted by atomic mass is 10.0. The number of aromatic hydroxyl groups is 1. The SMILES string of the molecule is CC[C@@H](N)c1cccc(Cl)c1O.Cl. The minimum Gasteiger partial charge on any atom is -0.506 e. The second-order valence-electron chi connectivity index (χ2n) is 2.69. The first-order chi connectivity index (χ1) is 5.66. The van der Waals surface area contributed by atoms with Crippen LogP contribution in [0.2, 0.25) is 5.02 Å². The number of phenols is 1. The Bertz CT molecular complexity index is 278. The summed E-state index contributed by atoms with van der Waals surface area (Å²) in [5.74, 6) is 0.105. The number of benzene rings is 1. The Morgan fingerprint density at radius 3 is 2.69 bits per heavy atom. The molecule has 1 rings (SSSR count). The zero-order valence-corrected chi connectivity index (χ0v) is 8.90. The highest BCUT2D eigenvalue weighted by Gasteiger charge is 2.10. The summed E-state index contributed by atoms with van der Waals surface area (Å²) in [6.45, 7) is 1.96. The second-order valence-corrected chi connectivity index (χ2v) is 3.10. The molecule has 0 aromatic heterocycles. The topological polar surface area (TPSA) is 46.2 Å². The van der Waals surface area contributed by atoms with E-state index in [2.05, 4.69) is 0 Å². The van der Waals surface area contributed by atoms with Crippen molar-refractivity contribution in [2.75, 3.05) is 0 Å². The first-order valence-electron chi connectivity index (χ1n) is 3.89. The number of halogens is 2. The zero-order valence-electron chi connectivity index (χ0n) is 7.33. The van der Waals surface area contributed by atoms with Gasteiger partial charge in [-0.3, -0.25) is 0 Å². The lowest BCUT2D eigenvalue weighted by molar-refractivity contribution is 0.460. The van der Waals surface area contributed by atoms with Gasteiger partial charge in [-0.15, -0.1) is 12.4 Å². The molecule has 0 aliphatic heterocycles. The molecule has 74 valence electrons. The van der Waals surface area contributed by atoms with Gasteiger partial charge in [0.25, 0.3) is 0 Å². The van der Waals surface area contributed by atoms with E-state index in [1.54, 1.807) is 18.2 Å². The number of nitrogens with two attached hydrogens (primary N) is 1. The molecule has 0 amide bonds. The number of phenolic OH excluding ortho intramolecular Hbond substituents is 1. The average molecular weight is 222 g/mol. The van der Waals surface area contributed by atoms with Crippen molar-refractivity contribution < 1.29 is 5.11 Å². The minimum atomic E-state index is -0.135. The molecule has 1 aromatic rings. The third-order valence-electron chi connectivity index (χ3n) is 1.86. The molecule has 0 aliphatic rings. The molecule has 2 nitrogen and oxygen atoms in total. The normalized spacial score (nSPS) is 11.9. The molecule has 4 heteroatoms. The van der Waals surface area contributed by atoms with Crippen LogP contribution in [-0.2, 0) is 0 Å². The maximum atomic E-state index is 9.49. The van der Waals surface area contributed by atoms with E-state index < -0.39 is 0 Å². The van der Waals surface area contributed by atoms with E-state index >= 15 is 0 Å². The van der Waals surface area contributed by atoms with Gasteiger partial charge in [0.05, 0.1) is 5.02 Å². The summed E-state index contributed by atoms with van der Waals surface area (Å²) in [7, 11) is 0. The van der Waals surface area contributed by atoms with E-state index in [-0.39, 0.29) is 24.2 Å². The van der Waals surface area contributed by atoms with Crippen molar-refractivity contribution in [3.63, 3.8) is 0 Å². The molecule has 13 heavy (non-hydrogen) atoms. The monoisotopic (exact) mass is 221 g/mol. The number of hydrogen-bond donors (Lipinski definition) is 2. The maximum Gasteiger partial charge on any atom is 0.138 e. The van der Waals surface area contributed by atoms with Crippen molar-refractivity contribution in [1.82, 2.24) is 0 Å². The fourth-order valence-electron chi connectivity index (χ4n) is 1.05. The van der Waals surface area contributed by atoms with Crippen LogP contribution in [0.4, 0.5) is 0 Å². The molecule has 0 unspecified atom stereocenters. The van der Waals surface area contributed by atoms with Crippen LogP contribution in [0, 0.1) is 0 Å². The largest absolute Gasteiger partial charge is 0.506 e. The van der Waals surface area contributed by atoms with Crippen LogP contribution in [0.25, 0.3) is 0 Å². The van der Waals surface area contributed by atoms with Crippen molar-refractivity contribution in [2.45, 2.75) is 19.4 Å². The summed E-state index contributed by atoms with van der Waals surface area (Å²) >= 11 is 5.71. The van der Waals surface area contributed by atoms with Gasteiger partial charge in [0.15, 0.2) is 0 Å². The van der Waals surface area contributed by atoms with E-state index in [1.807, 2.05) is 6.92 Å². The summed E-state index contributed by atoms with van der Waals surface area (Å²) in [6.07, 6.45) is 0.786. The highest BCUT2D eigenvalue weighted by atomic mass is 35.5. The van der Waals surface area contributed by atoms with Gasteiger partial charge in [0.2, 0.25) is 0 Å². The highest BCUT2D eigenvalue weighted by Crippen LogP contribution is 2.31. The smallest absolute Gasteiger partial charge is 0.138 e. The Kier molecular flexibility index (Phi) is 5.14. The molecule has 0 radical (unpaired) electrons. The quantitative estimate of drug-likeness (QED) is 0.808. The molecular weight excluding hydrogens is 209 g/mol. The molecular formula is C9H13Cl2NO. The third kappa shape index (κ3) is 2.76.